The van der Waals surface area contributed by atoms with Crippen molar-refractivity contribution in [1.82, 2.24) is 5.32 Å². The van der Waals surface area contributed by atoms with E-state index in [-0.39, 0.29) is 6.10 Å². The van der Waals surface area contributed by atoms with Crippen molar-refractivity contribution in [2.45, 2.75) is 19.1 Å². The molecule has 0 spiro atoms. The monoisotopic (exact) mass is 259 g/mol. The number of morpholine rings is 1. The fourth-order valence-electron chi connectivity index (χ4n) is 2.29. The summed E-state index contributed by atoms with van der Waals surface area (Å²) in [5.74, 6) is 0. The van der Waals surface area contributed by atoms with Gasteiger partial charge in [0.2, 0.25) is 0 Å². The van der Waals surface area contributed by atoms with Crippen LogP contribution in [-0.2, 0) is 4.74 Å². The van der Waals surface area contributed by atoms with Gasteiger partial charge in [0.05, 0.1) is 12.6 Å². The minimum atomic E-state index is 0.212. The minimum Gasteiger partial charge on any atom is -0.369 e. The minimum absolute atomic E-state index is 0.212. The van der Waals surface area contributed by atoms with Crippen LogP contribution in [0.25, 0.3) is 0 Å². The van der Waals surface area contributed by atoms with Gasteiger partial charge >= 0.3 is 0 Å². The summed E-state index contributed by atoms with van der Waals surface area (Å²) in [7, 11) is 0. The number of rotatable bonds is 2. The zero-order chi connectivity index (χ0) is 12.4. The Morgan fingerprint density at radius 3 is 2.61 bits per heavy atom. The molecule has 0 amide bonds. The third-order valence-corrected chi connectivity index (χ3v) is 4.39. The summed E-state index contributed by atoms with van der Waals surface area (Å²) in [5, 5.41) is 3.57. The first kappa shape index (κ1) is 11.9. The van der Waals surface area contributed by atoms with Crippen LogP contribution in [0.2, 0.25) is 0 Å². The lowest BCUT2D eigenvalue weighted by molar-refractivity contribution is 0.00441. The Labute approximate surface area is 112 Å². The highest BCUT2D eigenvalue weighted by atomic mass is 32.1. The average molecular weight is 259 g/mol. The van der Waals surface area contributed by atoms with Gasteiger partial charge < -0.3 is 10.1 Å². The van der Waals surface area contributed by atoms with Crippen LogP contribution in [-0.4, -0.2) is 13.2 Å². The average Bonchev–Trinajstić information content (AvgIpc) is 2.87. The van der Waals surface area contributed by atoms with Crippen molar-refractivity contribution in [3.8, 4) is 0 Å². The Morgan fingerprint density at radius 1 is 1.17 bits per heavy atom. The first-order chi connectivity index (χ1) is 8.83. The molecule has 2 nitrogen and oxygen atoms in total. The molecule has 18 heavy (non-hydrogen) atoms. The molecule has 2 heterocycles. The van der Waals surface area contributed by atoms with Gasteiger partial charge in [0.15, 0.2) is 0 Å². The second kappa shape index (κ2) is 5.22. The zero-order valence-corrected chi connectivity index (χ0v) is 11.2. The van der Waals surface area contributed by atoms with E-state index in [1.807, 2.05) is 17.4 Å². The van der Waals surface area contributed by atoms with Crippen LogP contribution in [0.3, 0.4) is 0 Å². The van der Waals surface area contributed by atoms with Crippen molar-refractivity contribution in [1.29, 1.82) is 0 Å². The molecule has 0 radical (unpaired) electrons. The van der Waals surface area contributed by atoms with E-state index in [2.05, 4.69) is 48.6 Å². The van der Waals surface area contributed by atoms with Crippen LogP contribution in [0.1, 0.15) is 27.5 Å². The lowest BCUT2D eigenvalue weighted by Crippen LogP contribution is -2.36. The van der Waals surface area contributed by atoms with Gasteiger partial charge in [-0.05, 0) is 24.6 Å². The van der Waals surface area contributed by atoms with Crippen LogP contribution in [0.15, 0.2) is 42.5 Å². The molecule has 1 aliphatic heterocycles. The molecule has 1 saturated heterocycles. The maximum absolute atomic E-state index is 5.99. The molecule has 2 unspecified atom stereocenters. The smallest absolute Gasteiger partial charge is 0.104 e. The Hall–Kier alpha value is -1.16. The SMILES string of the molecule is Cc1ccc(C2CNC(c3ccccc3)CO2)s1. The highest BCUT2D eigenvalue weighted by Crippen LogP contribution is 2.29. The maximum atomic E-state index is 5.99. The van der Waals surface area contributed by atoms with E-state index in [9.17, 15) is 0 Å². The summed E-state index contributed by atoms with van der Waals surface area (Å²) >= 11 is 1.83. The van der Waals surface area contributed by atoms with Gasteiger partial charge in [-0.2, -0.15) is 0 Å². The van der Waals surface area contributed by atoms with Gasteiger partial charge in [0.1, 0.15) is 6.10 Å². The number of nitrogens with one attached hydrogen (secondary N) is 1. The lowest BCUT2D eigenvalue weighted by Gasteiger charge is -2.30. The topological polar surface area (TPSA) is 21.3 Å². The van der Waals surface area contributed by atoms with Gasteiger partial charge in [-0.3, -0.25) is 0 Å². The summed E-state index contributed by atoms with van der Waals surface area (Å²) in [6.45, 7) is 3.77. The third-order valence-electron chi connectivity index (χ3n) is 3.29. The zero-order valence-electron chi connectivity index (χ0n) is 10.4. The summed E-state index contributed by atoms with van der Waals surface area (Å²) in [6.07, 6.45) is 0.212. The number of ether oxygens (including phenoxy) is 1. The molecule has 94 valence electrons. The quantitative estimate of drug-likeness (QED) is 0.892. The molecular formula is C15H17NOS. The first-order valence-electron chi connectivity index (χ1n) is 6.29. The molecule has 1 N–H and O–H groups in total. The van der Waals surface area contributed by atoms with Gasteiger partial charge in [-0.1, -0.05) is 30.3 Å². The number of benzene rings is 1. The Balaban J connectivity index is 1.65. The van der Waals surface area contributed by atoms with E-state index in [4.69, 9.17) is 4.74 Å². The molecule has 2 atom stereocenters. The lowest BCUT2D eigenvalue weighted by atomic mass is 10.1. The fraction of sp³-hybridized carbons (Fsp3) is 0.333. The van der Waals surface area contributed by atoms with E-state index in [0.717, 1.165) is 13.2 Å². The van der Waals surface area contributed by atoms with Crippen molar-refractivity contribution >= 4 is 11.3 Å². The molecule has 2 aromatic rings. The highest BCUT2D eigenvalue weighted by Gasteiger charge is 2.23. The van der Waals surface area contributed by atoms with Crippen molar-refractivity contribution in [2.24, 2.45) is 0 Å². The van der Waals surface area contributed by atoms with Gasteiger partial charge in [-0.25, -0.2) is 0 Å². The van der Waals surface area contributed by atoms with Crippen molar-refractivity contribution in [3.63, 3.8) is 0 Å². The first-order valence-corrected chi connectivity index (χ1v) is 7.11. The predicted octanol–water partition coefficient (Wildman–Crippen LogP) is 3.46. The van der Waals surface area contributed by atoms with Crippen LogP contribution in [0.5, 0.6) is 0 Å². The largest absolute Gasteiger partial charge is 0.369 e. The molecule has 1 aliphatic rings. The van der Waals surface area contributed by atoms with Crippen LogP contribution < -0.4 is 5.32 Å². The second-order valence-electron chi connectivity index (χ2n) is 4.64. The molecule has 1 aromatic carbocycles. The molecule has 3 heteroatoms. The molecule has 0 aliphatic carbocycles. The van der Waals surface area contributed by atoms with Crippen LogP contribution >= 0.6 is 11.3 Å². The second-order valence-corrected chi connectivity index (χ2v) is 5.96. The standard InChI is InChI=1S/C15H17NOS/c1-11-7-8-15(18-11)14-9-16-13(10-17-14)12-5-3-2-4-6-12/h2-8,13-14,16H,9-10H2,1H3. The van der Waals surface area contributed by atoms with Crippen molar-refractivity contribution in [2.75, 3.05) is 13.2 Å². The van der Waals surface area contributed by atoms with E-state index >= 15 is 0 Å². The Morgan fingerprint density at radius 2 is 2.00 bits per heavy atom. The van der Waals surface area contributed by atoms with E-state index in [1.165, 1.54) is 15.3 Å². The number of hydrogen-bond acceptors (Lipinski definition) is 3. The van der Waals surface area contributed by atoms with Gasteiger partial charge in [-0.15, -0.1) is 11.3 Å². The molecule has 0 bridgehead atoms. The molecule has 3 rings (SSSR count). The highest BCUT2D eigenvalue weighted by molar-refractivity contribution is 7.12. The summed E-state index contributed by atoms with van der Waals surface area (Å²) in [5.41, 5.74) is 1.30. The van der Waals surface area contributed by atoms with Gasteiger partial charge in [0, 0.05) is 16.3 Å². The molecule has 0 saturated carbocycles. The number of thiophene rings is 1. The van der Waals surface area contributed by atoms with Crippen LogP contribution in [0.4, 0.5) is 0 Å². The number of hydrogen-bond donors (Lipinski definition) is 1. The fourth-order valence-corrected chi connectivity index (χ4v) is 3.21. The third kappa shape index (κ3) is 2.48. The van der Waals surface area contributed by atoms with Crippen molar-refractivity contribution < 1.29 is 4.74 Å². The Kier molecular flexibility index (Phi) is 3.46. The number of aryl methyl sites for hydroxylation is 1. The molecule has 1 fully saturated rings. The molecule has 1 aromatic heterocycles. The predicted molar refractivity (Wildman–Crippen MR) is 74.9 cm³/mol. The van der Waals surface area contributed by atoms with E-state index < -0.39 is 0 Å². The molecular weight excluding hydrogens is 242 g/mol. The Bertz CT molecular complexity index is 500. The maximum Gasteiger partial charge on any atom is 0.104 e. The summed E-state index contributed by atoms with van der Waals surface area (Å²) < 4.78 is 5.99. The van der Waals surface area contributed by atoms with Crippen molar-refractivity contribution in [3.05, 3.63) is 57.8 Å². The summed E-state index contributed by atoms with van der Waals surface area (Å²) in [6, 6.07) is 15.2. The normalized spacial score (nSPS) is 24.1. The van der Waals surface area contributed by atoms with Crippen LogP contribution in [0, 0.1) is 6.92 Å². The van der Waals surface area contributed by atoms with Gasteiger partial charge in [0.25, 0.3) is 0 Å². The van der Waals surface area contributed by atoms with E-state index in [0.29, 0.717) is 6.04 Å². The summed E-state index contributed by atoms with van der Waals surface area (Å²) in [4.78, 5) is 2.67. The van der Waals surface area contributed by atoms with E-state index in [1.54, 1.807) is 0 Å².